The van der Waals surface area contributed by atoms with E-state index < -0.39 is 6.10 Å². The normalized spacial score (nSPS) is 19.4. The van der Waals surface area contributed by atoms with Crippen molar-refractivity contribution in [3.8, 4) is 0 Å². The fourth-order valence-corrected chi connectivity index (χ4v) is 2.66. The minimum Gasteiger partial charge on any atom is -0.382 e. The summed E-state index contributed by atoms with van der Waals surface area (Å²) in [5.41, 5.74) is 2.04. The van der Waals surface area contributed by atoms with Crippen molar-refractivity contribution in [1.29, 1.82) is 0 Å². The molecule has 3 rings (SSSR count). The van der Waals surface area contributed by atoms with Crippen molar-refractivity contribution in [2.75, 3.05) is 11.9 Å². The van der Waals surface area contributed by atoms with Crippen LogP contribution in [-0.2, 0) is 4.79 Å². The second kappa shape index (κ2) is 6.11. The van der Waals surface area contributed by atoms with Gasteiger partial charge in [-0.25, -0.2) is 0 Å². The number of rotatable bonds is 4. The van der Waals surface area contributed by atoms with Crippen LogP contribution in [0.15, 0.2) is 42.6 Å². The molecule has 0 saturated carbocycles. The Morgan fingerprint density at radius 3 is 2.86 bits per heavy atom. The standard InChI is InChI=1S/C16H19N3O2/c20-15(13-7-3-9-17-13)11-5-1-2-6-12(11)19-16(21)14-8-4-10-18-14/h1-3,5-7,9,14-15,17-18,20H,4,8,10H2,(H,19,21)/t14-,15?/m0/s1. The quantitative estimate of drug-likeness (QED) is 0.691. The Labute approximate surface area is 123 Å². The lowest BCUT2D eigenvalue weighted by atomic mass is 10.0. The zero-order valence-electron chi connectivity index (χ0n) is 11.7. The Hall–Kier alpha value is -2.11. The predicted octanol–water partition coefficient (Wildman–Crippen LogP) is 1.79. The Balaban J connectivity index is 1.80. The highest BCUT2D eigenvalue weighted by Crippen LogP contribution is 2.27. The predicted molar refractivity (Wildman–Crippen MR) is 81.0 cm³/mol. The van der Waals surface area contributed by atoms with E-state index in [1.54, 1.807) is 6.20 Å². The van der Waals surface area contributed by atoms with Crippen molar-refractivity contribution in [2.24, 2.45) is 0 Å². The molecular formula is C16H19N3O2. The van der Waals surface area contributed by atoms with Crippen LogP contribution < -0.4 is 10.6 Å². The molecule has 1 aliphatic rings. The zero-order chi connectivity index (χ0) is 14.7. The molecule has 0 aliphatic carbocycles. The number of nitrogens with one attached hydrogen (secondary N) is 3. The molecule has 2 atom stereocenters. The number of carbonyl (C=O) groups is 1. The van der Waals surface area contributed by atoms with Crippen LogP contribution >= 0.6 is 0 Å². The maximum absolute atomic E-state index is 12.2. The number of amides is 1. The van der Waals surface area contributed by atoms with Gasteiger partial charge >= 0.3 is 0 Å². The molecule has 0 radical (unpaired) electrons. The minimum absolute atomic E-state index is 0.0429. The van der Waals surface area contributed by atoms with E-state index in [-0.39, 0.29) is 11.9 Å². The number of aromatic nitrogens is 1. The lowest BCUT2D eigenvalue weighted by molar-refractivity contribution is -0.117. The van der Waals surface area contributed by atoms with Gasteiger partial charge in [-0.1, -0.05) is 18.2 Å². The summed E-state index contributed by atoms with van der Waals surface area (Å²) in [7, 11) is 0. The smallest absolute Gasteiger partial charge is 0.241 e. The summed E-state index contributed by atoms with van der Waals surface area (Å²) in [4.78, 5) is 15.2. The average Bonchev–Trinajstić information content (AvgIpc) is 3.20. The van der Waals surface area contributed by atoms with Crippen LogP contribution in [0, 0.1) is 0 Å². The van der Waals surface area contributed by atoms with Crippen LogP contribution in [-0.4, -0.2) is 28.6 Å². The van der Waals surface area contributed by atoms with Gasteiger partial charge in [-0.05, 0) is 37.6 Å². The molecule has 5 heteroatoms. The fourth-order valence-electron chi connectivity index (χ4n) is 2.66. The van der Waals surface area contributed by atoms with Gasteiger partial charge in [-0.2, -0.15) is 0 Å². The first-order valence-corrected chi connectivity index (χ1v) is 7.20. The summed E-state index contributed by atoms with van der Waals surface area (Å²) in [5, 5.41) is 16.5. The number of hydrogen-bond acceptors (Lipinski definition) is 3. The third-order valence-corrected chi connectivity index (χ3v) is 3.81. The zero-order valence-corrected chi connectivity index (χ0v) is 11.7. The van der Waals surface area contributed by atoms with Crippen LogP contribution in [0.2, 0.25) is 0 Å². The van der Waals surface area contributed by atoms with Gasteiger partial charge in [0.25, 0.3) is 0 Å². The molecule has 110 valence electrons. The summed E-state index contributed by atoms with van der Waals surface area (Å²) in [6, 6.07) is 10.9. The van der Waals surface area contributed by atoms with Crippen molar-refractivity contribution < 1.29 is 9.90 Å². The van der Waals surface area contributed by atoms with E-state index in [0.717, 1.165) is 19.4 Å². The van der Waals surface area contributed by atoms with Crippen LogP contribution in [0.1, 0.15) is 30.2 Å². The highest BCUT2D eigenvalue weighted by molar-refractivity contribution is 5.95. The molecule has 2 heterocycles. The van der Waals surface area contributed by atoms with E-state index in [0.29, 0.717) is 16.9 Å². The van der Waals surface area contributed by atoms with Crippen LogP contribution in [0.5, 0.6) is 0 Å². The molecule has 1 saturated heterocycles. The maximum atomic E-state index is 12.2. The lowest BCUT2D eigenvalue weighted by Crippen LogP contribution is -2.35. The highest BCUT2D eigenvalue weighted by Gasteiger charge is 2.23. The summed E-state index contributed by atoms with van der Waals surface area (Å²) in [6.07, 6.45) is 2.85. The lowest BCUT2D eigenvalue weighted by Gasteiger charge is -2.17. The third-order valence-electron chi connectivity index (χ3n) is 3.81. The maximum Gasteiger partial charge on any atom is 0.241 e. The van der Waals surface area contributed by atoms with Gasteiger partial charge in [-0.3, -0.25) is 4.79 Å². The first kappa shape index (κ1) is 13.9. The van der Waals surface area contributed by atoms with Gasteiger partial charge in [0.2, 0.25) is 5.91 Å². The number of aliphatic hydroxyl groups excluding tert-OH is 1. The highest BCUT2D eigenvalue weighted by atomic mass is 16.3. The molecule has 21 heavy (non-hydrogen) atoms. The van der Waals surface area contributed by atoms with Gasteiger partial charge in [0.1, 0.15) is 6.10 Å². The average molecular weight is 285 g/mol. The molecule has 0 spiro atoms. The second-order valence-electron chi connectivity index (χ2n) is 5.25. The molecule has 1 aromatic carbocycles. The molecular weight excluding hydrogens is 266 g/mol. The number of aromatic amines is 1. The Bertz CT molecular complexity index is 604. The summed E-state index contributed by atoms with van der Waals surface area (Å²) in [5.74, 6) is -0.0429. The van der Waals surface area contributed by atoms with E-state index in [1.807, 2.05) is 36.4 Å². The van der Waals surface area contributed by atoms with Crippen molar-refractivity contribution in [1.82, 2.24) is 10.3 Å². The molecule has 1 fully saturated rings. The van der Waals surface area contributed by atoms with Crippen molar-refractivity contribution >= 4 is 11.6 Å². The number of hydrogen-bond donors (Lipinski definition) is 4. The molecule has 1 aliphatic heterocycles. The van der Waals surface area contributed by atoms with E-state index >= 15 is 0 Å². The van der Waals surface area contributed by atoms with Gasteiger partial charge in [0, 0.05) is 23.1 Å². The van der Waals surface area contributed by atoms with Gasteiger partial charge in [-0.15, -0.1) is 0 Å². The number of carbonyl (C=O) groups excluding carboxylic acids is 1. The first-order chi connectivity index (χ1) is 10.3. The number of anilines is 1. The summed E-state index contributed by atoms with van der Waals surface area (Å²) in [6.45, 7) is 0.880. The Kier molecular flexibility index (Phi) is 4.03. The molecule has 1 unspecified atom stereocenters. The van der Waals surface area contributed by atoms with Gasteiger partial charge in [0.05, 0.1) is 6.04 Å². The topological polar surface area (TPSA) is 77.2 Å². The number of aliphatic hydroxyl groups is 1. The monoisotopic (exact) mass is 285 g/mol. The van der Waals surface area contributed by atoms with Crippen molar-refractivity contribution in [3.05, 3.63) is 53.9 Å². The molecule has 4 N–H and O–H groups in total. The molecule has 5 nitrogen and oxygen atoms in total. The van der Waals surface area contributed by atoms with Crippen LogP contribution in [0.25, 0.3) is 0 Å². The minimum atomic E-state index is -0.784. The molecule has 1 aromatic heterocycles. The van der Waals surface area contributed by atoms with E-state index in [4.69, 9.17) is 0 Å². The summed E-state index contributed by atoms with van der Waals surface area (Å²) < 4.78 is 0. The van der Waals surface area contributed by atoms with Crippen LogP contribution in [0.4, 0.5) is 5.69 Å². The Morgan fingerprint density at radius 2 is 2.14 bits per heavy atom. The fraction of sp³-hybridized carbons (Fsp3) is 0.312. The van der Waals surface area contributed by atoms with Crippen molar-refractivity contribution in [2.45, 2.75) is 25.0 Å². The molecule has 2 aromatic rings. The van der Waals surface area contributed by atoms with Gasteiger partial charge < -0.3 is 20.7 Å². The number of para-hydroxylation sites is 1. The second-order valence-corrected chi connectivity index (χ2v) is 5.25. The SMILES string of the molecule is O=C(Nc1ccccc1C(O)c1ccc[nH]1)[C@@H]1CCCN1. The van der Waals surface area contributed by atoms with E-state index in [1.165, 1.54) is 0 Å². The van der Waals surface area contributed by atoms with Gasteiger partial charge in [0.15, 0.2) is 0 Å². The van der Waals surface area contributed by atoms with Crippen LogP contribution in [0.3, 0.4) is 0 Å². The van der Waals surface area contributed by atoms with E-state index in [9.17, 15) is 9.90 Å². The van der Waals surface area contributed by atoms with Crippen molar-refractivity contribution in [3.63, 3.8) is 0 Å². The third kappa shape index (κ3) is 2.99. The molecule has 0 bridgehead atoms. The summed E-state index contributed by atoms with van der Waals surface area (Å²) >= 11 is 0. The molecule has 1 amide bonds. The number of benzene rings is 1. The Morgan fingerprint density at radius 1 is 1.29 bits per heavy atom. The number of H-pyrrole nitrogens is 1. The largest absolute Gasteiger partial charge is 0.382 e. The van der Waals surface area contributed by atoms with E-state index in [2.05, 4.69) is 15.6 Å². The first-order valence-electron chi connectivity index (χ1n) is 7.20.